The van der Waals surface area contributed by atoms with E-state index < -0.39 is 0 Å². The molecule has 1 saturated carbocycles. The smallest absolute Gasteiger partial charge is 0.213 e. The summed E-state index contributed by atoms with van der Waals surface area (Å²) in [5.74, 6) is 1.33. The van der Waals surface area contributed by atoms with Crippen LogP contribution in [0.15, 0.2) is 18.3 Å². The fourth-order valence-electron chi connectivity index (χ4n) is 2.04. The fourth-order valence-corrected chi connectivity index (χ4v) is 2.16. The number of hydrogen-bond acceptors (Lipinski definition) is 2. The van der Waals surface area contributed by atoms with Crippen molar-refractivity contribution in [3.8, 4) is 5.88 Å². The highest BCUT2D eigenvalue weighted by atomic mass is 35.5. The SMILES string of the molecule is CC1CCCCC1Oc1ccc(Cl)cn1. The van der Waals surface area contributed by atoms with Crippen LogP contribution in [0.1, 0.15) is 32.6 Å². The second-order valence-corrected chi connectivity index (χ2v) is 4.67. The van der Waals surface area contributed by atoms with Crippen LogP contribution in [-0.2, 0) is 0 Å². The summed E-state index contributed by atoms with van der Waals surface area (Å²) in [6.45, 7) is 2.25. The average Bonchev–Trinajstić information content (AvgIpc) is 2.25. The van der Waals surface area contributed by atoms with E-state index in [0.717, 1.165) is 6.42 Å². The van der Waals surface area contributed by atoms with Gasteiger partial charge in [0.1, 0.15) is 6.10 Å². The van der Waals surface area contributed by atoms with Gasteiger partial charge in [-0.05, 0) is 31.2 Å². The van der Waals surface area contributed by atoms with Gasteiger partial charge in [0.2, 0.25) is 5.88 Å². The van der Waals surface area contributed by atoms with Gasteiger partial charge in [0.05, 0.1) is 5.02 Å². The second kappa shape index (κ2) is 4.84. The molecule has 2 unspecified atom stereocenters. The van der Waals surface area contributed by atoms with Gasteiger partial charge in [0.25, 0.3) is 0 Å². The van der Waals surface area contributed by atoms with Crippen LogP contribution < -0.4 is 4.74 Å². The van der Waals surface area contributed by atoms with Crippen LogP contribution in [0.4, 0.5) is 0 Å². The Morgan fingerprint density at radius 3 is 2.80 bits per heavy atom. The molecule has 2 nitrogen and oxygen atoms in total. The van der Waals surface area contributed by atoms with E-state index in [-0.39, 0.29) is 0 Å². The topological polar surface area (TPSA) is 22.1 Å². The van der Waals surface area contributed by atoms with Crippen molar-refractivity contribution in [1.82, 2.24) is 4.98 Å². The second-order valence-electron chi connectivity index (χ2n) is 4.23. The molecule has 2 rings (SSSR count). The average molecular weight is 226 g/mol. The van der Waals surface area contributed by atoms with Crippen molar-refractivity contribution in [2.45, 2.75) is 38.7 Å². The maximum absolute atomic E-state index is 5.85. The predicted octanol–water partition coefficient (Wildman–Crippen LogP) is 3.69. The molecule has 1 aliphatic carbocycles. The quantitative estimate of drug-likeness (QED) is 0.766. The number of nitrogens with zero attached hydrogens (tertiary/aromatic N) is 1. The monoisotopic (exact) mass is 225 g/mol. The third kappa shape index (κ3) is 2.85. The first-order valence-electron chi connectivity index (χ1n) is 5.54. The van der Waals surface area contributed by atoms with Gasteiger partial charge in [-0.3, -0.25) is 0 Å². The zero-order valence-corrected chi connectivity index (χ0v) is 9.70. The Hall–Kier alpha value is -0.760. The largest absolute Gasteiger partial charge is 0.474 e. The minimum atomic E-state index is 0.326. The Kier molecular flexibility index (Phi) is 3.47. The van der Waals surface area contributed by atoms with Crippen LogP contribution in [0.3, 0.4) is 0 Å². The Morgan fingerprint density at radius 2 is 2.13 bits per heavy atom. The van der Waals surface area contributed by atoms with Crippen molar-refractivity contribution < 1.29 is 4.74 Å². The lowest BCUT2D eigenvalue weighted by Crippen LogP contribution is -2.28. The van der Waals surface area contributed by atoms with Crippen molar-refractivity contribution in [3.63, 3.8) is 0 Å². The van der Waals surface area contributed by atoms with Gasteiger partial charge in [-0.2, -0.15) is 0 Å². The van der Waals surface area contributed by atoms with E-state index >= 15 is 0 Å². The summed E-state index contributed by atoms with van der Waals surface area (Å²) in [5.41, 5.74) is 0. The molecule has 1 aliphatic rings. The number of ether oxygens (including phenoxy) is 1. The van der Waals surface area contributed by atoms with E-state index in [1.807, 2.05) is 12.1 Å². The third-order valence-corrected chi connectivity index (χ3v) is 3.23. The maximum Gasteiger partial charge on any atom is 0.213 e. The van der Waals surface area contributed by atoms with E-state index in [0.29, 0.717) is 22.9 Å². The maximum atomic E-state index is 5.85. The van der Waals surface area contributed by atoms with Crippen LogP contribution >= 0.6 is 11.6 Å². The molecule has 0 spiro atoms. The lowest BCUT2D eigenvalue weighted by Gasteiger charge is -2.28. The van der Waals surface area contributed by atoms with E-state index in [2.05, 4.69) is 11.9 Å². The molecule has 0 amide bonds. The van der Waals surface area contributed by atoms with Crippen molar-refractivity contribution in [3.05, 3.63) is 23.4 Å². The molecule has 82 valence electrons. The number of halogens is 1. The van der Waals surface area contributed by atoms with Gasteiger partial charge in [-0.25, -0.2) is 4.98 Å². The molecule has 0 aliphatic heterocycles. The molecule has 1 heterocycles. The molecule has 0 radical (unpaired) electrons. The third-order valence-electron chi connectivity index (χ3n) is 3.01. The van der Waals surface area contributed by atoms with Crippen LogP contribution in [0.5, 0.6) is 5.88 Å². The van der Waals surface area contributed by atoms with E-state index in [9.17, 15) is 0 Å². The van der Waals surface area contributed by atoms with E-state index in [4.69, 9.17) is 16.3 Å². The summed E-state index contributed by atoms with van der Waals surface area (Å²) in [4.78, 5) is 4.15. The highest BCUT2D eigenvalue weighted by Gasteiger charge is 2.22. The molecule has 0 N–H and O–H groups in total. The van der Waals surface area contributed by atoms with Crippen LogP contribution in [0.25, 0.3) is 0 Å². The normalized spacial score (nSPS) is 26.3. The Labute approximate surface area is 95.6 Å². The summed E-state index contributed by atoms with van der Waals surface area (Å²) in [6.07, 6.45) is 6.96. The van der Waals surface area contributed by atoms with Gasteiger partial charge in [0.15, 0.2) is 0 Å². The lowest BCUT2D eigenvalue weighted by molar-refractivity contribution is 0.0976. The summed E-state index contributed by atoms with van der Waals surface area (Å²) in [5, 5.41) is 0.652. The molecule has 0 bridgehead atoms. The molecule has 1 aromatic rings. The van der Waals surface area contributed by atoms with Crippen molar-refractivity contribution in [1.29, 1.82) is 0 Å². The number of hydrogen-bond donors (Lipinski definition) is 0. The van der Waals surface area contributed by atoms with Gasteiger partial charge in [-0.15, -0.1) is 0 Å². The van der Waals surface area contributed by atoms with Gasteiger partial charge < -0.3 is 4.74 Å². The highest BCUT2D eigenvalue weighted by Crippen LogP contribution is 2.27. The minimum Gasteiger partial charge on any atom is -0.474 e. The summed E-state index contributed by atoms with van der Waals surface area (Å²) >= 11 is 5.77. The zero-order chi connectivity index (χ0) is 10.7. The molecule has 1 aromatic heterocycles. The first-order chi connectivity index (χ1) is 7.25. The highest BCUT2D eigenvalue weighted by molar-refractivity contribution is 6.30. The molecule has 0 aromatic carbocycles. The first kappa shape index (κ1) is 10.7. The van der Waals surface area contributed by atoms with Crippen LogP contribution in [0.2, 0.25) is 5.02 Å². The van der Waals surface area contributed by atoms with Crippen LogP contribution in [-0.4, -0.2) is 11.1 Å². The summed E-state index contributed by atoms with van der Waals surface area (Å²) in [6, 6.07) is 3.65. The molecule has 15 heavy (non-hydrogen) atoms. The van der Waals surface area contributed by atoms with Crippen molar-refractivity contribution in [2.75, 3.05) is 0 Å². The predicted molar refractivity (Wildman–Crippen MR) is 61.3 cm³/mol. The Balaban J connectivity index is 1.98. The molecule has 3 heteroatoms. The molecular formula is C12H16ClNO. The van der Waals surface area contributed by atoms with E-state index in [1.165, 1.54) is 19.3 Å². The number of rotatable bonds is 2. The van der Waals surface area contributed by atoms with Gasteiger partial charge in [0, 0.05) is 12.3 Å². The lowest BCUT2D eigenvalue weighted by atomic mass is 9.88. The van der Waals surface area contributed by atoms with Crippen molar-refractivity contribution in [2.24, 2.45) is 5.92 Å². The van der Waals surface area contributed by atoms with Crippen molar-refractivity contribution >= 4 is 11.6 Å². The van der Waals surface area contributed by atoms with E-state index in [1.54, 1.807) is 6.20 Å². The number of pyridine rings is 1. The summed E-state index contributed by atoms with van der Waals surface area (Å²) < 4.78 is 5.85. The Bertz CT molecular complexity index is 312. The first-order valence-corrected chi connectivity index (χ1v) is 5.92. The molecular weight excluding hydrogens is 210 g/mol. The van der Waals surface area contributed by atoms with Gasteiger partial charge >= 0.3 is 0 Å². The summed E-state index contributed by atoms with van der Waals surface area (Å²) in [7, 11) is 0. The Morgan fingerprint density at radius 1 is 1.33 bits per heavy atom. The number of aromatic nitrogens is 1. The molecule has 1 fully saturated rings. The fraction of sp³-hybridized carbons (Fsp3) is 0.583. The van der Waals surface area contributed by atoms with Gasteiger partial charge in [-0.1, -0.05) is 24.9 Å². The van der Waals surface area contributed by atoms with Crippen LogP contribution in [0, 0.1) is 5.92 Å². The standard InChI is InChI=1S/C12H16ClNO/c1-9-4-2-3-5-11(9)15-12-7-6-10(13)8-14-12/h6-9,11H,2-5H2,1H3. The molecule has 2 atom stereocenters. The zero-order valence-electron chi connectivity index (χ0n) is 8.95. The minimum absolute atomic E-state index is 0.326. The molecule has 0 saturated heterocycles.